The third-order valence-electron chi connectivity index (χ3n) is 3.18. The van der Waals surface area contributed by atoms with Gasteiger partial charge in [0.15, 0.2) is 0 Å². The number of amides is 1. The second kappa shape index (κ2) is 6.40. The highest BCUT2D eigenvalue weighted by Crippen LogP contribution is 2.11. The highest BCUT2D eigenvalue weighted by Gasteiger charge is 2.16. The van der Waals surface area contributed by atoms with E-state index in [1.54, 1.807) is 0 Å². The van der Waals surface area contributed by atoms with E-state index >= 15 is 0 Å². The number of benzene rings is 1. The minimum Gasteiger partial charge on any atom is -0.354 e. The van der Waals surface area contributed by atoms with Crippen LogP contribution in [0.4, 0.5) is 0 Å². The highest BCUT2D eigenvalue weighted by molar-refractivity contribution is 5.82. The third-order valence-corrected chi connectivity index (χ3v) is 3.18. The summed E-state index contributed by atoms with van der Waals surface area (Å²) in [4.78, 5) is 11.8. The predicted molar refractivity (Wildman–Crippen MR) is 70.4 cm³/mol. The average molecular weight is 234 g/mol. The van der Waals surface area contributed by atoms with Gasteiger partial charge < -0.3 is 11.1 Å². The lowest BCUT2D eigenvalue weighted by atomic mass is 9.98. The second-order valence-corrected chi connectivity index (χ2v) is 4.85. The van der Waals surface area contributed by atoms with E-state index in [4.69, 9.17) is 5.73 Å². The van der Waals surface area contributed by atoms with Crippen molar-refractivity contribution in [3.8, 4) is 0 Å². The van der Waals surface area contributed by atoms with Gasteiger partial charge in [0.2, 0.25) is 5.91 Å². The summed E-state index contributed by atoms with van der Waals surface area (Å²) < 4.78 is 0. The van der Waals surface area contributed by atoms with Crippen molar-refractivity contribution >= 4 is 5.91 Å². The highest BCUT2D eigenvalue weighted by atomic mass is 16.2. The zero-order valence-electron chi connectivity index (χ0n) is 10.8. The fraction of sp³-hybridized carbons (Fsp3) is 0.500. The van der Waals surface area contributed by atoms with Gasteiger partial charge in [-0.1, -0.05) is 51.1 Å². The fourth-order valence-electron chi connectivity index (χ4n) is 1.42. The van der Waals surface area contributed by atoms with Crippen LogP contribution in [-0.2, 0) is 4.79 Å². The molecule has 0 heterocycles. The van der Waals surface area contributed by atoms with Crippen molar-refractivity contribution in [2.75, 3.05) is 6.54 Å². The molecule has 2 atom stereocenters. The smallest absolute Gasteiger partial charge is 0.241 e. The van der Waals surface area contributed by atoms with Crippen LogP contribution in [0.15, 0.2) is 30.3 Å². The number of hydrogen-bond acceptors (Lipinski definition) is 2. The molecule has 1 aromatic carbocycles. The average Bonchev–Trinajstić information content (AvgIpc) is 2.35. The first kappa shape index (κ1) is 13.7. The van der Waals surface area contributed by atoms with Crippen molar-refractivity contribution < 1.29 is 4.79 Å². The molecule has 0 aromatic heterocycles. The Hall–Kier alpha value is -1.35. The van der Waals surface area contributed by atoms with E-state index in [2.05, 4.69) is 26.1 Å². The summed E-state index contributed by atoms with van der Waals surface area (Å²) in [6, 6.07) is 8.86. The molecule has 3 N–H and O–H groups in total. The summed E-state index contributed by atoms with van der Waals surface area (Å²) in [5.74, 6) is 0.911. The van der Waals surface area contributed by atoms with Gasteiger partial charge in [0.1, 0.15) is 6.04 Å². The van der Waals surface area contributed by atoms with Gasteiger partial charge in [-0.15, -0.1) is 0 Å². The van der Waals surface area contributed by atoms with E-state index in [1.165, 1.54) is 0 Å². The summed E-state index contributed by atoms with van der Waals surface area (Å²) in [6.45, 7) is 7.10. The van der Waals surface area contributed by atoms with Gasteiger partial charge in [-0.05, 0) is 17.4 Å². The van der Waals surface area contributed by atoms with E-state index in [-0.39, 0.29) is 5.91 Å². The maximum absolute atomic E-state index is 11.8. The lowest BCUT2D eigenvalue weighted by Gasteiger charge is -2.18. The normalized spacial score (nSPS) is 14.4. The lowest BCUT2D eigenvalue weighted by Crippen LogP contribution is -2.37. The fourth-order valence-corrected chi connectivity index (χ4v) is 1.42. The monoisotopic (exact) mass is 234 g/mol. The van der Waals surface area contributed by atoms with Gasteiger partial charge in [-0.2, -0.15) is 0 Å². The van der Waals surface area contributed by atoms with E-state index in [1.807, 2.05) is 30.3 Å². The van der Waals surface area contributed by atoms with Gasteiger partial charge >= 0.3 is 0 Å². The predicted octanol–water partition coefficient (Wildman–Crippen LogP) is 2.09. The molecular weight excluding hydrogens is 212 g/mol. The largest absolute Gasteiger partial charge is 0.354 e. The summed E-state index contributed by atoms with van der Waals surface area (Å²) >= 11 is 0. The molecule has 0 radical (unpaired) electrons. The van der Waals surface area contributed by atoms with Crippen molar-refractivity contribution in [3.05, 3.63) is 35.9 Å². The van der Waals surface area contributed by atoms with Crippen molar-refractivity contribution in [3.63, 3.8) is 0 Å². The Balaban J connectivity index is 2.48. The summed E-state index contributed by atoms with van der Waals surface area (Å²) in [7, 11) is 0. The zero-order valence-corrected chi connectivity index (χ0v) is 10.8. The molecule has 1 amide bonds. The van der Waals surface area contributed by atoms with Crippen molar-refractivity contribution in [1.29, 1.82) is 0 Å². The molecule has 3 heteroatoms. The molecule has 0 bridgehead atoms. The molecule has 1 unspecified atom stereocenters. The molecule has 17 heavy (non-hydrogen) atoms. The molecule has 0 aliphatic heterocycles. The minimum atomic E-state index is -0.574. The van der Waals surface area contributed by atoms with E-state index in [0.29, 0.717) is 18.4 Å². The van der Waals surface area contributed by atoms with Crippen molar-refractivity contribution in [1.82, 2.24) is 5.32 Å². The van der Waals surface area contributed by atoms with Crippen LogP contribution < -0.4 is 11.1 Å². The molecule has 94 valence electrons. The standard InChI is InChI=1S/C14H22N2O/c1-10(2)11(3)9-16-14(17)13(15)12-7-5-4-6-8-12/h4-8,10-11,13H,9,15H2,1-3H3,(H,16,17)/t11?,13-/m1/s1. The summed E-state index contributed by atoms with van der Waals surface area (Å²) in [5, 5.41) is 2.90. The van der Waals surface area contributed by atoms with Crippen molar-refractivity contribution in [2.45, 2.75) is 26.8 Å². The first-order valence-corrected chi connectivity index (χ1v) is 6.10. The first-order chi connectivity index (χ1) is 8.02. The molecule has 1 aromatic rings. The van der Waals surface area contributed by atoms with Gasteiger partial charge in [0, 0.05) is 6.54 Å². The number of nitrogens with two attached hydrogens (primary N) is 1. The minimum absolute atomic E-state index is 0.108. The third kappa shape index (κ3) is 4.19. The number of carbonyl (C=O) groups is 1. The maximum Gasteiger partial charge on any atom is 0.241 e. The molecule has 3 nitrogen and oxygen atoms in total. The van der Waals surface area contributed by atoms with E-state index < -0.39 is 6.04 Å². The molecule has 0 aliphatic rings. The quantitative estimate of drug-likeness (QED) is 0.819. The van der Waals surface area contributed by atoms with Gasteiger partial charge in [-0.3, -0.25) is 4.79 Å². The van der Waals surface area contributed by atoms with Crippen LogP contribution in [0.5, 0.6) is 0 Å². The summed E-state index contributed by atoms with van der Waals surface area (Å²) in [5.41, 5.74) is 6.74. The summed E-state index contributed by atoms with van der Waals surface area (Å²) in [6.07, 6.45) is 0. The van der Waals surface area contributed by atoms with Crippen LogP contribution in [0, 0.1) is 11.8 Å². The Labute approximate surface area is 103 Å². The Morgan fingerprint density at radius 2 is 1.82 bits per heavy atom. The Morgan fingerprint density at radius 3 is 2.35 bits per heavy atom. The molecule has 0 spiro atoms. The molecule has 0 fully saturated rings. The Bertz CT molecular complexity index is 348. The van der Waals surface area contributed by atoms with E-state index in [9.17, 15) is 4.79 Å². The zero-order chi connectivity index (χ0) is 12.8. The molecule has 0 saturated carbocycles. The van der Waals surface area contributed by atoms with Gasteiger partial charge in [0.05, 0.1) is 0 Å². The van der Waals surface area contributed by atoms with Gasteiger partial charge in [-0.25, -0.2) is 0 Å². The van der Waals surface area contributed by atoms with Crippen LogP contribution in [0.1, 0.15) is 32.4 Å². The number of carbonyl (C=O) groups excluding carboxylic acids is 1. The number of nitrogens with one attached hydrogen (secondary N) is 1. The molecular formula is C14H22N2O. The molecule has 1 rings (SSSR count). The van der Waals surface area contributed by atoms with Crippen LogP contribution >= 0.6 is 0 Å². The SMILES string of the molecule is CC(C)C(C)CNC(=O)[C@H](N)c1ccccc1. The lowest BCUT2D eigenvalue weighted by molar-refractivity contribution is -0.122. The topological polar surface area (TPSA) is 55.1 Å². The Morgan fingerprint density at radius 1 is 1.24 bits per heavy atom. The Kier molecular flexibility index (Phi) is 5.16. The first-order valence-electron chi connectivity index (χ1n) is 6.10. The van der Waals surface area contributed by atoms with Crippen LogP contribution in [-0.4, -0.2) is 12.5 Å². The van der Waals surface area contributed by atoms with Crippen molar-refractivity contribution in [2.24, 2.45) is 17.6 Å². The molecule has 0 saturated heterocycles. The second-order valence-electron chi connectivity index (χ2n) is 4.85. The number of rotatable bonds is 5. The van der Waals surface area contributed by atoms with Crippen LogP contribution in [0.3, 0.4) is 0 Å². The number of hydrogen-bond donors (Lipinski definition) is 2. The van der Waals surface area contributed by atoms with E-state index in [0.717, 1.165) is 5.56 Å². The molecule has 0 aliphatic carbocycles. The van der Waals surface area contributed by atoms with Crippen LogP contribution in [0.25, 0.3) is 0 Å². The maximum atomic E-state index is 11.8. The van der Waals surface area contributed by atoms with Crippen LogP contribution in [0.2, 0.25) is 0 Å². The van der Waals surface area contributed by atoms with Gasteiger partial charge in [0.25, 0.3) is 0 Å².